The lowest BCUT2D eigenvalue weighted by Crippen LogP contribution is -2.22. The third-order valence-electron chi connectivity index (χ3n) is 4.55. The van der Waals surface area contributed by atoms with Gasteiger partial charge in [-0.15, -0.1) is 0 Å². The van der Waals surface area contributed by atoms with Crippen LogP contribution >= 0.6 is 0 Å². The van der Waals surface area contributed by atoms with Crippen molar-refractivity contribution in [2.24, 2.45) is 14.1 Å². The number of rotatable bonds is 4. The standard InChI is InChI=1S/2C8H12N2O2.C5H6O4/c1-5-7(8(11)12-4)9-6(2)10(5)3;1-5-7(8(11)12-4)10(3)6(2)9-5;1-3(6)4(7)5(8)9-2/h2*1-4H3;1-2H3. The first-order valence-corrected chi connectivity index (χ1v) is 9.54. The second kappa shape index (κ2) is 12.9. The Labute approximate surface area is 191 Å². The van der Waals surface area contributed by atoms with Crippen molar-refractivity contribution < 1.29 is 38.2 Å². The molecule has 0 aromatic carbocycles. The summed E-state index contributed by atoms with van der Waals surface area (Å²) in [5.41, 5.74) is 2.47. The smallest absolute Gasteiger partial charge is 0.382 e. The van der Waals surface area contributed by atoms with E-state index in [0.717, 1.165) is 31.4 Å². The largest absolute Gasteiger partial charge is 0.464 e. The fraction of sp³-hybridized carbons (Fsp3) is 0.476. The minimum atomic E-state index is -1.11. The number of imidazole rings is 2. The highest BCUT2D eigenvalue weighted by Gasteiger charge is 2.18. The van der Waals surface area contributed by atoms with Gasteiger partial charge in [0, 0.05) is 26.7 Å². The molecule has 0 atom stereocenters. The fourth-order valence-electron chi connectivity index (χ4n) is 2.40. The zero-order valence-electron chi connectivity index (χ0n) is 20.6. The molecule has 0 bridgehead atoms. The van der Waals surface area contributed by atoms with Crippen molar-refractivity contribution in [3.8, 4) is 0 Å². The molecule has 0 radical (unpaired) electrons. The molecule has 0 aliphatic heterocycles. The molecular weight excluding hydrogens is 436 g/mol. The Balaban J connectivity index is 0.000000472. The quantitative estimate of drug-likeness (QED) is 0.276. The van der Waals surface area contributed by atoms with Gasteiger partial charge in [0.2, 0.25) is 5.78 Å². The molecule has 12 nitrogen and oxygen atoms in total. The van der Waals surface area contributed by atoms with Crippen LogP contribution in [0.3, 0.4) is 0 Å². The average Bonchev–Trinajstić information content (AvgIpc) is 3.20. The van der Waals surface area contributed by atoms with Crippen LogP contribution < -0.4 is 0 Å². The Kier molecular flexibility index (Phi) is 11.4. The SMILES string of the molecule is COC(=O)C(=O)C(C)=O.COC(=O)c1c(C)nc(C)n1C.COC(=O)c1nc(C)n(C)c1C. The fourth-order valence-corrected chi connectivity index (χ4v) is 2.40. The maximum atomic E-state index is 11.2. The van der Waals surface area contributed by atoms with Gasteiger partial charge in [0.05, 0.1) is 27.0 Å². The molecule has 0 aliphatic carbocycles. The topological polar surface area (TPSA) is 149 Å². The number of aryl methyl sites for hydroxylation is 3. The van der Waals surface area contributed by atoms with E-state index in [4.69, 9.17) is 0 Å². The van der Waals surface area contributed by atoms with Crippen LogP contribution in [0.1, 0.15) is 50.9 Å². The lowest BCUT2D eigenvalue weighted by molar-refractivity contribution is -0.154. The van der Waals surface area contributed by atoms with Gasteiger partial charge >= 0.3 is 23.7 Å². The Bertz CT molecular complexity index is 1050. The summed E-state index contributed by atoms with van der Waals surface area (Å²) in [6.45, 7) is 8.34. The number of methoxy groups -OCH3 is 3. The number of hydrogen-bond donors (Lipinski definition) is 0. The van der Waals surface area contributed by atoms with E-state index in [-0.39, 0.29) is 11.9 Å². The van der Waals surface area contributed by atoms with E-state index in [0.29, 0.717) is 17.1 Å². The summed E-state index contributed by atoms with van der Waals surface area (Å²) in [5, 5.41) is 0. The lowest BCUT2D eigenvalue weighted by atomic mass is 10.3. The molecular formula is C21H30N4O8. The summed E-state index contributed by atoms with van der Waals surface area (Å²) in [7, 11) is 7.42. The number of nitrogens with zero attached hydrogens (tertiary/aromatic N) is 4. The summed E-state index contributed by atoms with van der Waals surface area (Å²) in [4.78, 5) is 61.0. The third kappa shape index (κ3) is 7.66. The molecule has 33 heavy (non-hydrogen) atoms. The van der Waals surface area contributed by atoms with Crippen molar-refractivity contribution in [3.05, 3.63) is 34.4 Å². The minimum absolute atomic E-state index is 0.337. The Morgan fingerprint density at radius 3 is 1.48 bits per heavy atom. The first-order chi connectivity index (χ1) is 15.2. The predicted octanol–water partition coefficient (Wildman–Crippen LogP) is 0.965. The number of aromatic nitrogens is 4. The molecule has 182 valence electrons. The Morgan fingerprint density at radius 1 is 0.727 bits per heavy atom. The van der Waals surface area contributed by atoms with E-state index in [1.165, 1.54) is 14.2 Å². The molecule has 2 aromatic rings. The van der Waals surface area contributed by atoms with Crippen molar-refractivity contribution >= 4 is 29.5 Å². The lowest BCUT2D eigenvalue weighted by Gasteiger charge is -2.01. The predicted molar refractivity (Wildman–Crippen MR) is 116 cm³/mol. The van der Waals surface area contributed by atoms with Crippen molar-refractivity contribution in [2.75, 3.05) is 21.3 Å². The van der Waals surface area contributed by atoms with Gasteiger partial charge in [0.25, 0.3) is 0 Å². The monoisotopic (exact) mass is 466 g/mol. The molecule has 0 N–H and O–H groups in total. The first-order valence-electron chi connectivity index (χ1n) is 9.54. The van der Waals surface area contributed by atoms with Crippen LogP contribution in [0.4, 0.5) is 0 Å². The first kappa shape index (κ1) is 29.2. The molecule has 2 heterocycles. The van der Waals surface area contributed by atoms with Gasteiger partial charge in [-0.2, -0.15) is 0 Å². The van der Waals surface area contributed by atoms with Gasteiger partial charge in [-0.25, -0.2) is 24.4 Å². The van der Waals surface area contributed by atoms with Crippen LogP contribution in [-0.2, 0) is 42.7 Å². The highest BCUT2D eigenvalue weighted by atomic mass is 16.5. The average molecular weight is 466 g/mol. The van der Waals surface area contributed by atoms with E-state index in [9.17, 15) is 24.0 Å². The van der Waals surface area contributed by atoms with Crippen LogP contribution in [0.5, 0.6) is 0 Å². The Morgan fingerprint density at radius 2 is 1.21 bits per heavy atom. The molecule has 0 unspecified atom stereocenters. The maximum absolute atomic E-state index is 11.2. The van der Waals surface area contributed by atoms with Gasteiger partial charge < -0.3 is 23.3 Å². The summed E-state index contributed by atoms with van der Waals surface area (Å²) >= 11 is 0. The number of ketones is 2. The number of ether oxygens (including phenoxy) is 3. The minimum Gasteiger partial charge on any atom is -0.464 e. The summed E-state index contributed by atoms with van der Waals surface area (Å²) in [6.07, 6.45) is 0. The number of carbonyl (C=O) groups excluding carboxylic acids is 5. The molecule has 0 saturated heterocycles. The summed E-state index contributed by atoms with van der Waals surface area (Å²) in [6, 6.07) is 0. The number of carbonyl (C=O) groups is 5. The summed E-state index contributed by atoms with van der Waals surface area (Å²) in [5.74, 6) is -2.12. The third-order valence-corrected chi connectivity index (χ3v) is 4.55. The van der Waals surface area contributed by atoms with E-state index in [2.05, 4.69) is 24.2 Å². The van der Waals surface area contributed by atoms with Gasteiger partial charge in [-0.3, -0.25) is 9.59 Å². The molecule has 0 aliphatic rings. The molecule has 0 fully saturated rings. The molecule has 0 spiro atoms. The van der Waals surface area contributed by atoms with Gasteiger partial charge in [0.15, 0.2) is 5.69 Å². The number of Topliss-reactive ketones (excluding diaryl/α,β-unsaturated/α-hetero) is 2. The van der Waals surface area contributed by atoms with Gasteiger partial charge in [-0.1, -0.05) is 0 Å². The molecule has 0 amide bonds. The van der Waals surface area contributed by atoms with Crippen LogP contribution in [0.2, 0.25) is 0 Å². The van der Waals surface area contributed by atoms with E-state index < -0.39 is 17.5 Å². The summed E-state index contributed by atoms with van der Waals surface area (Å²) < 4.78 is 16.7. The van der Waals surface area contributed by atoms with Crippen molar-refractivity contribution in [1.82, 2.24) is 19.1 Å². The number of esters is 3. The van der Waals surface area contributed by atoms with E-state index in [1.807, 2.05) is 32.4 Å². The zero-order valence-corrected chi connectivity index (χ0v) is 20.6. The molecule has 2 rings (SSSR count). The Hall–Kier alpha value is -3.83. The zero-order chi connectivity index (χ0) is 26.0. The highest BCUT2D eigenvalue weighted by Crippen LogP contribution is 2.10. The number of hydrogen-bond acceptors (Lipinski definition) is 10. The molecule has 0 saturated carbocycles. The van der Waals surface area contributed by atoms with Crippen LogP contribution in [0.25, 0.3) is 0 Å². The van der Waals surface area contributed by atoms with Crippen molar-refractivity contribution in [2.45, 2.75) is 34.6 Å². The molecule has 12 heteroatoms. The normalized spacial score (nSPS) is 9.52. The molecule has 2 aromatic heterocycles. The maximum Gasteiger partial charge on any atom is 0.382 e. The second-order valence-corrected chi connectivity index (χ2v) is 6.66. The van der Waals surface area contributed by atoms with Crippen LogP contribution in [-0.4, -0.2) is 69.9 Å². The van der Waals surface area contributed by atoms with Crippen LogP contribution in [0.15, 0.2) is 0 Å². The van der Waals surface area contributed by atoms with Crippen molar-refractivity contribution in [1.29, 1.82) is 0 Å². The second-order valence-electron chi connectivity index (χ2n) is 6.66. The van der Waals surface area contributed by atoms with E-state index in [1.54, 1.807) is 18.5 Å². The van der Waals surface area contributed by atoms with Crippen molar-refractivity contribution in [3.63, 3.8) is 0 Å². The van der Waals surface area contributed by atoms with Gasteiger partial charge in [0.1, 0.15) is 17.3 Å². The van der Waals surface area contributed by atoms with E-state index >= 15 is 0 Å². The van der Waals surface area contributed by atoms with Gasteiger partial charge in [-0.05, 0) is 27.7 Å². The highest BCUT2D eigenvalue weighted by molar-refractivity contribution is 6.61. The van der Waals surface area contributed by atoms with Crippen LogP contribution in [0, 0.1) is 27.7 Å².